The highest BCUT2D eigenvalue weighted by molar-refractivity contribution is 5.85. The molecule has 0 unspecified atom stereocenters. The molecule has 154 valence electrons. The summed E-state index contributed by atoms with van der Waals surface area (Å²) in [6, 6.07) is 8.30. The Bertz CT molecular complexity index is 545. The Morgan fingerprint density at radius 3 is 2.04 bits per heavy atom. The van der Waals surface area contributed by atoms with E-state index < -0.39 is 0 Å². The SMILES string of the molecule is COC(=O)Cc1ccc(N2CCN(CCN3CCNCC3)CC2)cc1.Cl.Cl. The minimum Gasteiger partial charge on any atom is -0.469 e. The highest BCUT2D eigenvalue weighted by Crippen LogP contribution is 2.18. The molecule has 3 rings (SSSR count). The van der Waals surface area contributed by atoms with Crippen molar-refractivity contribution in [2.24, 2.45) is 0 Å². The molecule has 2 heterocycles. The molecule has 1 N–H and O–H groups in total. The van der Waals surface area contributed by atoms with Crippen LogP contribution in [-0.4, -0.2) is 88.3 Å². The van der Waals surface area contributed by atoms with Crippen LogP contribution in [0.5, 0.6) is 0 Å². The van der Waals surface area contributed by atoms with Crippen LogP contribution in [0, 0.1) is 0 Å². The zero-order chi connectivity index (χ0) is 17.5. The zero-order valence-corrected chi connectivity index (χ0v) is 17.7. The predicted octanol–water partition coefficient (Wildman–Crippen LogP) is 1.27. The number of carbonyl (C=O) groups excluding carboxylic acids is 1. The number of rotatable bonds is 6. The van der Waals surface area contributed by atoms with E-state index in [1.54, 1.807) is 0 Å². The molecule has 1 aromatic carbocycles. The van der Waals surface area contributed by atoms with Gasteiger partial charge in [0.2, 0.25) is 0 Å². The van der Waals surface area contributed by atoms with E-state index in [9.17, 15) is 4.79 Å². The van der Waals surface area contributed by atoms with Crippen molar-refractivity contribution in [2.45, 2.75) is 6.42 Å². The average Bonchev–Trinajstić information content (AvgIpc) is 2.68. The van der Waals surface area contributed by atoms with Gasteiger partial charge in [-0.15, -0.1) is 24.8 Å². The number of benzene rings is 1. The maximum atomic E-state index is 11.3. The lowest BCUT2D eigenvalue weighted by atomic mass is 10.1. The largest absolute Gasteiger partial charge is 0.469 e. The Balaban J connectivity index is 0.00000182. The molecule has 0 saturated carbocycles. The number of hydrogen-bond donors (Lipinski definition) is 1. The third-order valence-electron chi connectivity index (χ3n) is 5.19. The summed E-state index contributed by atoms with van der Waals surface area (Å²) in [5.74, 6) is -0.189. The number of halogens is 2. The monoisotopic (exact) mass is 418 g/mol. The number of esters is 1. The molecule has 0 radical (unpaired) electrons. The molecule has 1 aromatic rings. The smallest absolute Gasteiger partial charge is 0.309 e. The van der Waals surface area contributed by atoms with Crippen LogP contribution >= 0.6 is 24.8 Å². The first kappa shape index (κ1) is 24.0. The van der Waals surface area contributed by atoms with Gasteiger partial charge in [-0.05, 0) is 17.7 Å². The third-order valence-corrected chi connectivity index (χ3v) is 5.19. The summed E-state index contributed by atoms with van der Waals surface area (Å²) in [5.41, 5.74) is 2.25. The second-order valence-corrected chi connectivity index (χ2v) is 6.84. The van der Waals surface area contributed by atoms with Gasteiger partial charge in [0.25, 0.3) is 0 Å². The van der Waals surface area contributed by atoms with Gasteiger partial charge in [0.1, 0.15) is 0 Å². The van der Waals surface area contributed by atoms with Crippen LogP contribution in [0.2, 0.25) is 0 Å². The number of anilines is 1. The summed E-state index contributed by atoms with van der Waals surface area (Å²) < 4.78 is 4.72. The number of methoxy groups -OCH3 is 1. The third kappa shape index (κ3) is 7.47. The number of piperazine rings is 2. The zero-order valence-electron chi connectivity index (χ0n) is 16.1. The Morgan fingerprint density at radius 2 is 1.48 bits per heavy atom. The molecule has 0 atom stereocenters. The molecule has 0 bridgehead atoms. The van der Waals surface area contributed by atoms with Crippen molar-refractivity contribution in [1.82, 2.24) is 15.1 Å². The van der Waals surface area contributed by atoms with Crippen molar-refractivity contribution >= 4 is 36.5 Å². The number of nitrogens with one attached hydrogen (secondary N) is 1. The summed E-state index contributed by atoms with van der Waals surface area (Å²) in [4.78, 5) is 18.9. The Morgan fingerprint density at radius 1 is 0.926 bits per heavy atom. The van der Waals surface area contributed by atoms with Gasteiger partial charge in [-0.2, -0.15) is 0 Å². The van der Waals surface area contributed by atoms with E-state index in [4.69, 9.17) is 4.74 Å². The van der Waals surface area contributed by atoms with E-state index in [2.05, 4.69) is 32.1 Å². The van der Waals surface area contributed by atoms with Crippen molar-refractivity contribution in [3.63, 3.8) is 0 Å². The number of nitrogens with zero attached hydrogens (tertiary/aromatic N) is 3. The van der Waals surface area contributed by atoms with Crippen molar-refractivity contribution in [3.8, 4) is 0 Å². The minimum absolute atomic E-state index is 0. The van der Waals surface area contributed by atoms with Crippen LogP contribution in [0.15, 0.2) is 24.3 Å². The van der Waals surface area contributed by atoms with Gasteiger partial charge in [0.15, 0.2) is 0 Å². The van der Waals surface area contributed by atoms with Gasteiger partial charge in [-0.1, -0.05) is 12.1 Å². The maximum absolute atomic E-state index is 11.3. The molecule has 0 spiro atoms. The molecule has 8 heteroatoms. The van der Waals surface area contributed by atoms with Crippen LogP contribution in [0.25, 0.3) is 0 Å². The molecule has 0 amide bonds. The predicted molar refractivity (Wildman–Crippen MR) is 115 cm³/mol. The molecule has 6 nitrogen and oxygen atoms in total. The average molecular weight is 419 g/mol. The molecular formula is C19H32Cl2N4O2. The molecule has 2 aliphatic heterocycles. The second kappa shape index (κ2) is 12.4. The summed E-state index contributed by atoms with van der Waals surface area (Å²) >= 11 is 0. The van der Waals surface area contributed by atoms with E-state index in [-0.39, 0.29) is 30.8 Å². The fourth-order valence-electron chi connectivity index (χ4n) is 3.51. The van der Waals surface area contributed by atoms with E-state index in [0.29, 0.717) is 6.42 Å². The van der Waals surface area contributed by atoms with Crippen molar-refractivity contribution in [2.75, 3.05) is 77.5 Å². The lowest BCUT2D eigenvalue weighted by molar-refractivity contribution is -0.139. The number of carbonyl (C=O) groups is 1. The van der Waals surface area contributed by atoms with Crippen LogP contribution < -0.4 is 10.2 Å². The molecule has 0 aliphatic carbocycles. The molecule has 2 fully saturated rings. The van der Waals surface area contributed by atoms with Gasteiger partial charge in [-0.25, -0.2) is 0 Å². The minimum atomic E-state index is -0.189. The van der Waals surface area contributed by atoms with Crippen LogP contribution in [0.1, 0.15) is 5.56 Å². The van der Waals surface area contributed by atoms with Gasteiger partial charge < -0.3 is 15.0 Å². The van der Waals surface area contributed by atoms with Gasteiger partial charge in [0, 0.05) is 71.1 Å². The maximum Gasteiger partial charge on any atom is 0.309 e. The summed E-state index contributed by atoms with van der Waals surface area (Å²) in [6.45, 7) is 11.3. The molecule has 27 heavy (non-hydrogen) atoms. The van der Waals surface area contributed by atoms with E-state index in [1.807, 2.05) is 12.1 Å². The lowest BCUT2D eigenvalue weighted by Gasteiger charge is -2.37. The first-order valence-corrected chi connectivity index (χ1v) is 9.31. The highest BCUT2D eigenvalue weighted by atomic mass is 35.5. The fourth-order valence-corrected chi connectivity index (χ4v) is 3.51. The van der Waals surface area contributed by atoms with E-state index >= 15 is 0 Å². The standard InChI is InChI=1S/C19H30N4O2.2ClH/c1-25-19(24)16-17-2-4-18(5-3-17)23-14-12-22(13-15-23)11-10-21-8-6-20-7-9-21;;/h2-5,20H,6-16H2,1H3;2*1H. The van der Waals surface area contributed by atoms with Crippen molar-refractivity contribution < 1.29 is 9.53 Å². The lowest BCUT2D eigenvalue weighted by Crippen LogP contribution is -2.50. The second-order valence-electron chi connectivity index (χ2n) is 6.84. The number of hydrogen-bond acceptors (Lipinski definition) is 6. The normalized spacial score (nSPS) is 18.3. The fraction of sp³-hybridized carbons (Fsp3) is 0.632. The van der Waals surface area contributed by atoms with Gasteiger partial charge in [0.05, 0.1) is 13.5 Å². The number of ether oxygens (including phenoxy) is 1. The Labute approximate surface area is 175 Å². The van der Waals surface area contributed by atoms with Crippen molar-refractivity contribution in [1.29, 1.82) is 0 Å². The van der Waals surface area contributed by atoms with E-state index in [1.165, 1.54) is 39.0 Å². The molecular weight excluding hydrogens is 387 g/mol. The quantitative estimate of drug-likeness (QED) is 0.701. The van der Waals surface area contributed by atoms with Crippen molar-refractivity contribution in [3.05, 3.63) is 29.8 Å². The molecule has 2 saturated heterocycles. The van der Waals surface area contributed by atoms with Gasteiger partial charge >= 0.3 is 5.97 Å². The van der Waals surface area contributed by atoms with Crippen LogP contribution in [0.3, 0.4) is 0 Å². The van der Waals surface area contributed by atoms with Crippen LogP contribution in [0.4, 0.5) is 5.69 Å². The van der Waals surface area contributed by atoms with Crippen LogP contribution in [-0.2, 0) is 16.0 Å². The first-order valence-electron chi connectivity index (χ1n) is 9.31. The van der Waals surface area contributed by atoms with Gasteiger partial charge in [-0.3, -0.25) is 14.6 Å². The summed E-state index contributed by atoms with van der Waals surface area (Å²) in [6.07, 6.45) is 0.344. The highest BCUT2D eigenvalue weighted by Gasteiger charge is 2.18. The summed E-state index contributed by atoms with van der Waals surface area (Å²) in [7, 11) is 1.43. The topological polar surface area (TPSA) is 48.1 Å². The Kier molecular flexibility index (Phi) is 11.0. The van der Waals surface area contributed by atoms with E-state index in [0.717, 1.165) is 44.8 Å². The molecule has 2 aliphatic rings. The Hall–Kier alpha value is -1.05. The molecule has 0 aromatic heterocycles. The first-order chi connectivity index (χ1) is 12.2. The summed E-state index contributed by atoms with van der Waals surface area (Å²) in [5, 5.41) is 3.41.